The first-order chi connectivity index (χ1) is 12.5. The molecule has 0 bridgehead atoms. The standard InChI is InChI=1S/C19H19N3O3S/c20-12-15-7-2-4-11-18(15)26(24,25)21-13-19(23)22-17-10-5-8-14-6-1-3-9-16(14)17/h1-4,6-7,9,11,17,21H,5,8,10,13H2,(H,22,23)/t17-/m0/s1. The highest BCUT2D eigenvalue weighted by Gasteiger charge is 2.23. The van der Waals surface area contributed by atoms with Gasteiger partial charge in [0.2, 0.25) is 15.9 Å². The van der Waals surface area contributed by atoms with Crippen molar-refractivity contribution in [2.45, 2.75) is 30.2 Å². The molecule has 26 heavy (non-hydrogen) atoms. The fourth-order valence-corrected chi connectivity index (χ4v) is 4.32. The van der Waals surface area contributed by atoms with Gasteiger partial charge in [-0.05, 0) is 42.5 Å². The largest absolute Gasteiger partial charge is 0.348 e. The average molecular weight is 369 g/mol. The molecular weight excluding hydrogens is 350 g/mol. The Balaban J connectivity index is 1.66. The van der Waals surface area contributed by atoms with Gasteiger partial charge in [0.25, 0.3) is 0 Å². The van der Waals surface area contributed by atoms with Crippen LogP contribution in [0.25, 0.3) is 0 Å². The Morgan fingerprint density at radius 3 is 2.69 bits per heavy atom. The molecule has 2 aromatic rings. The van der Waals surface area contributed by atoms with E-state index in [0.717, 1.165) is 24.8 Å². The normalized spacial score (nSPS) is 16.3. The SMILES string of the molecule is N#Cc1ccccc1S(=O)(=O)NCC(=O)N[C@H]1CCCc2ccccc21. The number of rotatable bonds is 5. The molecule has 0 heterocycles. The zero-order valence-corrected chi connectivity index (χ0v) is 14.9. The molecule has 2 N–H and O–H groups in total. The second kappa shape index (κ2) is 7.68. The van der Waals surface area contributed by atoms with Gasteiger partial charge < -0.3 is 5.32 Å². The summed E-state index contributed by atoms with van der Waals surface area (Å²) in [4.78, 5) is 12.1. The van der Waals surface area contributed by atoms with Gasteiger partial charge >= 0.3 is 0 Å². The van der Waals surface area contributed by atoms with Gasteiger partial charge in [0, 0.05) is 0 Å². The molecule has 1 amide bonds. The molecule has 0 aromatic heterocycles. The topological polar surface area (TPSA) is 99.1 Å². The zero-order chi connectivity index (χ0) is 18.6. The zero-order valence-electron chi connectivity index (χ0n) is 14.1. The van der Waals surface area contributed by atoms with Gasteiger partial charge in [0.05, 0.1) is 23.0 Å². The maximum Gasteiger partial charge on any atom is 0.242 e. The molecule has 1 aliphatic rings. The summed E-state index contributed by atoms with van der Waals surface area (Å²) in [5.74, 6) is -0.398. The number of carbonyl (C=O) groups excluding carboxylic acids is 1. The van der Waals surface area contributed by atoms with Crippen LogP contribution in [-0.4, -0.2) is 20.9 Å². The molecule has 134 valence electrons. The minimum atomic E-state index is -3.93. The third-order valence-corrected chi connectivity index (χ3v) is 5.88. The van der Waals surface area contributed by atoms with Gasteiger partial charge in [0.15, 0.2) is 0 Å². The number of sulfonamides is 1. The van der Waals surface area contributed by atoms with E-state index in [1.807, 2.05) is 24.3 Å². The van der Waals surface area contributed by atoms with Crippen molar-refractivity contribution in [1.82, 2.24) is 10.0 Å². The maximum absolute atomic E-state index is 12.4. The number of aryl methyl sites for hydroxylation is 1. The van der Waals surface area contributed by atoms with Crippen molar-refractivity contribution in [2.24, 2.45) is 0 Å². The summed E-state index contributed by atoms with van der Waals surface area (Å²) in [7, 11) is -3.93. The number of nitrogens with one attached hydrogen (secondary N) is 2. The van der Waals surface area contributed by atoms with Crippen LogP contribution in [-0.2, 0) is 21.2 Å². The first-order valence-electron chi connectivity index (χ1n) is 8.37. The van der Waals surface area contributed by atoms with Gasteiger partial charge in [-0.15, -0.1) is 0 Å². The van der Waals surface area contributed by atoms with Crippen LogP contribution in [0.5, 0.6) is 0 Å². The number of fused-ring (bicyclic) bond motifs is 1. The Morgan fingerprint density at radius 2 is 1.88 bits per heavy atom. The lowest BCUT2D eigenvalue weighted by Gasteiger charge is -2.26. The minimum Gasteiger partial charge on any atom is -0.348 e. The summed E-state index contributed by atoms with van der Waals surface area (Å²) in [6.07, 6.45) is 2.79. The highest BCUT2D eigenvalue weighted by Crippen LogP contribution is 2.29. The van der Waals surface area contributed by atoms with Crippen LogP contribution in [0.2, 0.25) is 0 Å². The average Bonchev–Trinajstić information content (AvgIpc) is 2.67. The molecule has 6 nitrogen and oxygen atoms in total. The van der Waals surface area contributed by atoms with Crippen molar-refractivity contribution in [3.63, 3.8) is 0 Å². The molecule has 0 spiro atoms. The molecule has 3 rings (SSSR count). The summed E-state index contributed by atoms with van der Waals surface area (Å²) in [5.41, 5.74) is 2.35. The lowest BCUT2D eigenvalue weighted by Crippen LogP contribution is -2.39. The quantitative estimate of drug-likeness (QED) is 0.842. The number of nitriles is 1. The minimum absolute atomic E-state index is 0.0432. The Hall–Kier alpha value is -2.69. The van der Waals surface area contributed by atoms with E-state index in [0.29, 0.717) is 0 Å². The molecule has 2 aromatic carbocycles. The predicted octanol–water partition coefficient (Wildman–Crippen LogP) is 2.03. The molecule has 0 aliphatic heterocycles. The van der Waals surface area contributed by atoms with Gasteiger partial charge in [-0.2, -0.15) is 5.26 Å². The lowest BCUT2D eigenvalue weighted by molar-refractivity contribution is -0.120. The van der Waals surface area contributed by atoms with E-state index in [1.54, 1.807) is 6.07 Å². The Bertz CT molecular complexity index is 964. The summed E-state index contributed by atoms with van der Waals surface area (Å²) < 4.78 is 27.0. The van der Waals surface area contributed by atoms with E-state index in [4.69, 9.17) is 5.26 Å². The fraction of sp³-hybridized carbons (Fsp3) is 0.263. The summed E-state index contributed by atoms with van der Waals surface area (Å²) in [6.45, 7) is -0.374. The van der Waals surface area contributed by atoms with Crippen molar-refractivity contribution in [1.29, 1.82) is 5.26 Å². The highest BCUT2D eigenvalue weighted by atomic mass is 32.2. The Labute approximate surface area is 152 Å². The van der Waals surface area contributed by atoms with E-state index in [-0.39, 0.29) is 23.0 Å². The molecule has 1 aliphatic carbocycles. The number of benzene rings is 2. The van der Waals surface area contributed by atoms with Gasteiger partial charge in [-0.3, -0.25) is 4.79 Å². The van der Waals surface area contributed by atoms with E-state index < -0.39 is 15.9 Å². The monoisotopic (exact) mass is 369 g/mol. The molecule has 1 atom stereocenters. The van der Waals surface area contributed by atoms with E-state index in [1.165, 1.54) is 23.8 Å². The van der Waals surface area contributed by atoms with Gasteiger partial charge in [0.1, 0.15) is 6.07 Å². The number of hydrogen-bond donors (Lipinski definition) is 2. The molecule has 0 fully saturated rings. The highest BCUT2D eigenvalue weighted by molar-refractivity contribution is 7.89. The van der Waals surface area contributed by atoms with Crippen molar-refractivity contribution < 1.29 is 13.2 Å². The molecule has 0 unspecified atom stereocenters. The predicted molar refractivity (Wildman–Crippen MR) is 96.6 cm³/mol. The summed E-state index contributed by atoms with van der Waals surface area (Å²) >= 11 is 0. The van der Waals surface area contributed by atoms with Crippen LogP contribution in [0, 0.1) is 11.3 Å². The van der Waals surface area contributed by atoms with Crippen LogP contribution in [0.15, 0.2) is 53.4 Å². The summed E-state index contributed by atoms with van der Waals surface area (Å²) in [5, 5.41) is 11.9. The lowest BCUT2D eigenvalue weighted by atomic mass is 9.88. The van der Waals surface area contributed by atoms with E-state index in [2.05, 4.69) is 16.1 Å². The second-order valence-electron chi connectivity index (χ2n) is 6.14. The van der Waals surface area contributed by atoms with Crippen LogP contribution < -0.4 is 10.0 Å². The van der Waals surface area contributed by atoms with Crippen LogP contribution in [0.3, 0.4) is 0 Å². The third-order valence-electron chi connectivity index (χ3n) is 4.42. The van der Waals surface area contributed by atoms with Crippen molar-refractivity contribution >= 4 is 15.9 Å². The first kappa shape index (κ1) is 18.1. The number of amides is 1. The Kier molecular flexibility index (Phi) is 5.35. The maximum atomic E-state index is 12.4. The molecule has 0 saturated carbocycles. The number of hydrogen-bond acceptors (Lipinski definition) is 4. The smallest absolute Gasteiger partial charge is 0.242 e. The van der Waals surface area contributed by atoms with Crippen LogP contribution in [0.4, 0.5) is 0 Å². The molecule has 7 heteroatoms. The molecule has 0 saturated heterocycles. The van der Waals surface area contributed by atoms with Crippen molar-refractivity contribution in [3.05, 3.63) is 65.2 Å². The summed E-state index contributed by atoms with van der Waals surface area (Å²) in [6, 6.07) is 15.6. The Morgan fingerprint density at radius 1 is 1.15 bits per heavy atom. The molecular formula is C19H19N3O3S. The van der Waals surface area contributed by atoms with Crippen LogP contribution >= 0.6 is 0 Å². The second-order valence-corrected chi connectivity index (χ2v) is 7.88. The number of carbonyl (C=O) groups is 1. The van der Waals surface area contributed by atoms with Gasteiger partial charge in [-0.25, -0.2) is 13.1 Å². The van der Waals surface area contributed by atoms with E-state index >= 15 is 0 Å². The molecule has 0 radical (unpaired) electrons. The van der Waals surface area contributed by atoms with Crippen molar-refractivity contribution in [3.8, 4) is 6.07 Å². The van der Waals surface area contributed by atoms with Gasteiger partial charge in [-0.1, -0.05) is 36.4 Å². The van der Waals surface area contributed by atoms with E-state index in [9.17, 15) is 13.2 Å². The first-order valence-corrected chi connectivity index (χ1v) is 9.85. The third kappa shape index (κ3) is 3.93. The van der Waals surface area contributed by atoms with Crippen molar-refractivity contribution in [2.75, 3.05) is 6.54 Å². The van der Waals surface area contributed by atoms with Crippen LogP contribution in [0.1, 0.15) is 35.6 Å². The number of nitrogens with zero attached hydrogens (tertiary/aromatic N) is 1. The fourth-order valence-electron chi connectivity index (χ4n) is 3.18.